The van der Waals surface area contributed by atoms with Crippen molar-refractivity contribution in [2.75, 3.05) is 0 Å². The molecule has 1 aromatic rings. The van der Waals surface area contributed by atoms with Gasteiger partial charge in [0.2, 0.25) is 0 Å². The summed E-state index contributed by atoms with van der Waals surface area (Å²) < 4.78 is 3.06. The van der Waals surface area contributed by atoms with E-state index in [0.29, 0.717) is 5.92 Å². The summed E-state index contributed by atoms with van der Waals surface area (Å²) in [5, 5.41) is 4.36. The van der Waals surface area contributed by atoms with Crippen molar-refractivity contribution >= 4 is 15.9 Å². The molecule has 1 heterocycles. The number of rotatable bonds is 4. The maximum Gasteiger partial charge on any atom is 0.0738 e. The molecule has 0 aliphatic heterocycles. The van der Waals surface area contributed by atoms with E-state index >= 15 is 0 Å². The average molecular weight is 274 g/mol. The minimum Gasteiger partial charge on any atom is -0.327 e. The van der Waals surface area contributed by atoms with E-state index in [9.17, 15) is 0 Å². The monoisotopic (exact) mass is 273 g/mol. The molecule has 0 aliphatic rings. The lowest BCUT2D eigenvalue weighted by atomic mass is 9.99. The first-order valence-electron chi connectivity index (χ1n) is 5.37. The average Bonchev–Trinajstić information content (AvgIpc) is 2.38. The summed E-state index contributed by atoms with van der Waals surface area (Å²) in [4.78, 5) is 0. The van der Waals surface area contributed by atoms with E-state index in [0.717, 1.165) is 23.0 Å². The number of hydrogen-bond acceptors (Lipinski definition) is 2. The molecule has 3 nitrogen and oxygen atoms in total. The molecule has 0 amide bonds. The summed E-state index contributed by atoms with van der Waals surface area (Å²) in [6, 6.07) is 0.270. The van der Waals surface area contributed by atoms with Gasteiger partial charge < -0.3 is 5.73 Å². The molecule has 4 heteroatoms. The fraction of sp³-hybridized carbons (Fsp3) is 0.727. The number of nitrogens with two attached hydrogens (primary N) is 1. The second-order valence-corrected chi connectivity index (χ2v) is 5.21. The van der Waals surface area contributed by atoms with Gasteiger partial charge in [0, 0.05) is 13.1 Å². The quantitative estimate of drug-likeness (QED) is 0.916. The van der Waals surface area contributed by atoms with Crippen molar-refractivity contribution in [1.82, 2.24) is 9.78 Å². The van der Waals surface area contributed by atoms with Gasteiger partial charge in [0.1, 0.15) is 0 Å². The maximum absolute atomic E-state index is 6.03. The Morgan fingerprint density at radius 3 is 2.47 bits per heavy atom. The lowest BCUT2D eigenvalue weighted by Crippen LogP contribution is -2.27. The highest BCUT2D eigenvalue weighted by Crippen LogP contribution is 2.22. The van der Waals surface area contributed by atoms with Gasteiger partial charge in [-0.25, -0.2) is 0 Å². The lowest BCUT2D eigenvalue weighted by Gasteiger charge is -2.15. The Kier molecular flexibility index (Phi) is 4.34. The van der Waals surface area contributed by atoms with Crippen LogP contribution in [0.1, 0.15) is 31.7 Å². The molecule has 0 saturated heterocycles. The molecule has 15 heavy (non-hydrogen) atoms. The Hall–Kier alpha value is -0.350. The molecule has 0 bridgehead atoms. The summed E-state index contributed by atoms with van der Waals surface area (Å²) in [6.45, 7) is 6.33. The van der Waals surface area contributed by atoms with Crippen LogP contribution < -0.4 is 5.73 Å². The molecule has 1 unspecified atom stereocenters. The minimum atomic E-state index is 0.270. The first-order chi connectivity index (χ1) is 6.93. The largest absolute Gasteiger partial charge is 0.327 e. The number of aromatic nitrogens is 2. The Morgan fingerprint density at radius 2 is 2.07 bits per heavy atom. The number of hydrogen-bond donors (Lipinski definition) is 1. The molecule has 0 aliphatic carbocycles. The highest BCUT2D eigenvalue weighted by Gasteiger charge is 2.13. The van der Waals surface area contributed by atoms with Crippen LogP contribution in [0, 0.1) is 12.8 Å². The molecular formula is C11H20BrN3. The topological polar surface area (TPSA) is 43.8 Å². The van der Waals surface area contributed by atoms with Gasteiger partial charge in [0.05, 0.1) is 15.9 Å². The van der Waals surface area contributed by atoms with Crippen LogP contribution in [0.2, 0.25) is 0 Å². The predicted octanol–water partition coefficient (Wildman–Crippen LogP) is 2.41. The van der Waals surface area contributed by atoms with Crippen LogP contribution in [0.15, 0.2) is 4.47 Å². The summed E-state index contributed by atoms with van der Waals surface area (Å²) >= 11 is 3.56. The lowest BCUT2D eigenvalue weighted by molar-refractivity contribution is 0.458. The molecule has 0 fully saturated rings. The van der Waals surface area contributed by atoms with Gasteiger partial charge in [-0.15, -0.1) is 0 Å². The molecule has 1 atom stereocenters. The highest BCUT2D eigenvalue weighted by molar-refractivity contribution is 9.10. The van der Waals surface area contributed by atoms with Crippen LogP contribution >= 0.6 is 15.9 Å². The number of aryl methyl sites for hydroxylation is 2. The summed E-state index contributed by atoms with van der Waals surface area (Å²) in [5.41, 5.74) is 8.31. The van der Waals surface area contributed by atoms with Gasteiger partial charge >= 0.3 is 0 Å². The Balaban J connectivity index is 2.65. The first-order valence-corrected chi connectivity index (χ1v) is 6.16. The summed E-state index contributed by atoms with van der Waals surface area (Å²) in [5.74, 6) is 0.540. The van der Waals surface area contributed by atoms with Crippen molar-refractivity contribution in [1.29, 1.82) is 0 Å². The normalized spacial score (nSPS) is 13.5. The van der Waals surface area contributed by atoms with Crippen LogP contribution in [-0.4, -0.2) is 15.8 Å². The maximum atomic E-state index is 6.03. The third-order valence-electron chi connectivity index (χ3n) is 2.83. The van der Waals surface area contributed by atoms with E-state index in [1.54, 1.807) is 0 Å². The molecule has 2 N–H and O–H groups in total. The van der Waals surface area contributed by atoms with E-state index in [-0.39, 0.29) is 6.04 Å². The van der Waals surface area contributed by atoms with Gasteiger partial charge in [0.25, 0.3) is 0 Å². The minimum absolute atomic E-state index is 0.270. The van der Waals surface area contributed by atoms with Gasteiger partial charge in [-0.3, -0.25) is 4.68 Å². The molecule has 86 valence electrons. The van der Waals surface area contributed by atoms with Crippen LogP contribution in [0.25, 0.3) is 0 Å². The third-order valence-corrected chi connectivity index (χ3v) is 3.86. The zero-order valence-corrected chi connectivity index (χ0v) is 11.5. The molecule has 1 rings (SSSR count). The van der Waals surface area contributed by atoms with E-state index in [4.69, 9.17) is 5.73 Å². The van der Waals surface area contributed by atoms with E-state index < -0.39 is 0 Å². The zero-order chi connectivity index (χ0) is 11.6. The van der Waals surface area contributed by atoms with Gasteiger partial charge in [-0.05, 0) is 41.6 Å². The van der Waals surface area contributed by atoms with E-state index in [2.05, 4.69) is 34.9 Å². The van der Waals surface area contributed by atoms with Gasteiger partial charge in [-0.1, -0.05) is 13.8 Å². The Morgan fingerprint density at radius 1 is 1.47 bits per heavy atom. The SMILES string of the molecule is Cc1nn(C)c(CCC(N)C(C)C)c1Br. The second-order valence-electron chi connectivity index (χ2n) is 4.42. The molecule has 0 radical (unpaired) electrons. The van der Waals surface area contributed by atoms with E-state index in [1.165, 1.54) is 5.69 Å². The Labute approximate surface area is 100 Å². The number of nitrogens with zero attached hydrogens (tertiary/aromatic N) is 2. The molecule has 1 aromatic heterocycles. The van der Waals surface area contributed by atoms with Crippen LogP contribution in [0.5, 0.6) is 0 Å². The van der Waals surface area contributed by atoms with Crippen molar-refractivity contribution < 1.29 is 0 Å². The Bertz CT molecular complexity index is 331. The highest BCUT2D eigenvalue weighted by atomic mass is 79.9. The molecule has 0 aromatic carbocycles. The fourth-order valence-corrected chi connectivity index (χ4v) is 2.12. The standard InChI is InChI=1S/C11H20BrN3/c1-7(2)9(13)5-6-10-11(12)8(3)14-15(10)4/h7,9H,5-6,13H2,1-4H3. The van der Waals surface area contributed by atoms with Crippen molar-refractivity contribution in [3.63, 3.8) is 0 Å². The van der Waals surface area contributed by atoms with Crippen LogP contribution in [0.3, 0.4) is 0 Å². The molecular weight excluding hydrogens is 254 g/mol. The van der Waals surface area contributed by atoms with Crippen molar-refractivity contribution in [3.8, 4) is 0 Å². The van der Waals surface area contributed by atoms with Gasteiger partial charge in [-0.2, -0.15) is 5.10 Å². The van der Waals surface area contributed by atoms with E-state index in [1.807, 2.05) is 18.7 Å². The predicted molar refractivity (Wildman–Crippen MR) is 66.8 cm³/mol. The second kappa shape index (κ2) is 5.12. The van der Waals surface area contributed by atoms with Crippen LogP contribution in [-0.2, 0) is 13.5 Å². The number of halogens is 1. The molecule has 0 spiro atoms. The van der Waals surface area contributed by atoms with Crippen molar-refractivity contribution in [2.45, 2.75) is 39.7 Å². The van der Waals surface area contributed by atoms with Gasteiger partial charge in [0.15, 0.2) is 0 Å². The third kappa shape index (κ3) is 3.05. The van der Waals surface area contributed by atoms with Crippen molar-refractivity contribution in [3.05, 3.63) is 15.9 Å². The zero-order valence-electron chi connectivity index (χ0n) is 9.92. The summed E-state index contributed by atoms with van der Waals surface area (Å²) in [6.07, 6.45) is 1.99. The first kappa shape index (κ1) is 12.7. The fourth-order valence-electron chi connectivity index (χ4n) is 1.59. The smallest absolute Gasteiger partial charge is 0.0738 e. The van der Waals surface area contributed by atoms with Crippen LogP contribution in [0.4, 0.5) is 0 Å². The van der Waals surface area contributed by atoms with Crippen molar-refractivity contribution in [2.24, 2.45) is 18.7 Å². The summed E-state index contributed by atoms with van der Waals surface area (Å²) in [7, 11) is 1.98. The molecule has 0 saturated carbocycles.